The highest BCUT2D eigenvalue weighted by molar-refractivity contribution is 8.16. The number of carbonyl (C=O) groups is 1. The third-order valence-corrected chi connectivity index (χ3v) is 6.44. The summed E-state index contributed by atoms with van der Waals surface area (Å²) in [6, 6.07) is 13.6. The van der Waals surface area contributed by atoms with Crippen molar-refractivity contribution in [2.45, 2.75) is 18.5 Å². The number of hydrogen-bond acceptors (Lipinski definition) is 5. The lowest BCUT2D eigenvalue weighted by Crippen LogP contribution is -2.39. The van der Waals surface area contributed by atoms with Crippen molar-refractivity contribution in [1.29, 1.82) is 0 Å². The Labute approximate surface area is 184 Å². The maximum atomic E-state index is 13.8. The van der Waals surface area contributed by atoms with Gasteiger partial charge in [0, 0.05) is 36.5 Å². The minimum atomic E-state index is -0.466. The van der Waals surface area contributed by atoms with E-state index in [1.807, 2.05) is 24.3 Å². The van der Waals surface area contributed by atoms with Crippen LogP contribution in [-0.2, 0) is 4.79 Å². The lowest BCUT2D eigenvalue weighted by molar-refractivity contribution is -0.113. The van der Waals surface area contributed by atoms with E-state index in [1.54, 1.807) is 18.2 Å². The van der Waals surface area contributed by atoms with E-state index < -0.39 is 11.5 Å². The van der Waals surface area contributed by atoms with Crippen LogP contribution in [0, 0.1) is 5.82 Å². The summed E-state index contributed by atoms with van der Waals surface area (Å²) in [4.78, 5) is 24.6. The topological polar surface area (TPSA) is 57.1 Å². The number of thioether (sulfide) groups is 1. The molecule has 8 heteroatoms. The molecule has 0 unspecified atom stereocenters. The Balaban J connectivity index is 1.52. The molecule has 5 nitrogen and oxygen atoms in total. The van der Waals surface area contributed by atoms with Crippen LogP contribution in [0.3, 0.4) is 0 Å². The molecule has 0 aliphatic carbocycles. The van der Waals surface area contributed by atoms with Crippen LogP contribution in [0.15, 0.2) is 58.5 Å². The van der Waals surface area contributed by atoms with Crippen molar-refractivity contribution in [3.05, 3.63) is 64.9 Å². The molecule has 2 heterocycles. The van der Waals surface area contributed by atoms with Crippen molar-refractivity contribution >= 4 is 45.7 Å². The number of carbonyl (C=O) groups excluding carboxylic acids is 1. The second-order valence-electron chi connectivity index (χ2n) is 7.49. The summed E-state index contributed by atoms with van der Waals surface area (Å²) in [5, 5.41) is 4.01. The van der Waals surface area contributed by atoms with Crippen molar-refractivity contribution in [2.24, 2.45) is 9.98 Å². The second-order valence-corrected chi connectivity index (χ2v) is 8.89. The highest BCUT2D eigenvalue weighted by Crippen LogP contribution is 2.35. The molecular weight excluding hydrogens is 423 g/mol. The Bertz CT molecular complexity index is 1000. The SMILES string of the molecule is CN1CCC2(CC1)N=C(SCC(=O)Nc1ccccc1F)C(c1ccc(Cl)cc1)=N2. The van der Waals surface area contributed by atoms with Gasteiger partial charge in [-0.15, -0.1) is 0 Å². The average Bonchev–Trinajstić information content (AvgIpc) is 3.09. The number of amides is 1. The van der Waals surface area contributed by atoms with E-state index in [2.05, 4.69) is 17.3 Å². The van der Waals surface area contributed by atoms with Crippen LogP contribution < -0.4 is 5.32 Å². The van der Waals surface area contributed by atoms with Gasteiger partial charge in [-0.3, -0.25) is 9.79 Å². The fraction of sp³-hybridized carbons (Fsp3) is 0.318. The van der Waals surface area contributed by atoms with Crippen LogP contribution in [0.4, 0.5) is 10.1 Å². The fourth-order valence-corrected chi connectivity index (χ4v) is 4.50. The molecule has 1 fully saturated rings. The van der Waals surface area contributed by atoms with Crippen LogP contribution in [0.2, 0.25) is 5.02 Å². The van der Waals surface area contributed by atoms with Gasteiger partial charge in [-0.2, -0.15) is 0 Å². The predicted octanol–water partition coefficient (Wildman–Crippen LogP) is 4.47. The minimum Gasteiger partial charge on any atom is -0.323 e. The molecule has 1 N–H and O–H groups in total. The number of nitrogens with zero attached hydrogens (tertiary/aromatic N) is 3. The van der Waals surface area contributed by atoms with Gasteiger partial charge in [0.1, 0.15) is 10.9 Å². The molecule has 0 atom stereocenters. The number of likely N-dealkylation sites (tertiary alicyclic amines) is 1. The third kappa shape index (κ3) is 4.74. The standard InChI is InChI=1S/C22H22ClFN4OS/c1-28-12-10-22(11-13-28)26-20(15-6-8-16(23)9-7-15)21(27-22)30-14-19(29)25-18-5-3-2-4-17(18)24/h2-9H,10-14H2,1H3,(H,25,29). The van der Waals surface area contributed by atoms with E-state index in [9.17, 15) is 9.18 Å². The lowest BCUT2D eigenvalue weighted by Gasteiger charge is -2.33. The summed E-state index contributed by atoms with van der Waals surface area (Å²) in [7, 11) is 2.10. The van der Waals surface area contributed by atoms with Gasteiger partial charge >= 0.3 is 0 Å². The first kappa shape index (κ1) is 21.0. The molecule has 0 bridgehead atoms. The van der Waals surface area contributed by atoms with Crippen molar-refractivity contribution in [1.82, 2.24) is 4.90 Å². The Morgan fingerprint density at radius 1 is 1.17 bits per heavy atom. The molecular formula is C22H22ClFN4OS. The number of anilines is 1. The first-order valence-corrected chi connectivity index (χ1v) is 11.1. The highest BCUT2D eigenvalue weighted by atomic mass is 35.5. The molecule has 1 amide bonds. The van der Waals surface area contributed by atoms with E-state index in [0.29, 0.717) is 5.02 Å². The normalized spacial score (nSPS) is 18.2. The van der Waals surface area contributed by atoms with Gasteiger partial charge in [-0.1, -0.05) is 47.6 Å². The Kier molecular flexibility index (Phi) is 6.22. The molecule has 1 spiro atoms. The number of benzene rings is 2. The van der Waals surface area contributed by atoms with Crippen LogP contribution in [0.25, 0.3) is 0 Å². The molecule has 156 valence electrons. The molecule has 30 heavy (non-hydrogen) atoms. The number of hydrogen-bond donors (Lipinski definition) is 1. The van der Waals surface area contributed by atoms with E-state index in [0.717, 1.165) is 42.3 Å². The maximum absolute atomic E-state index is 13.8. The number of nitrogens with one attached hydrogen (secondary N) is 1. The average molecular weight is 445 g/mol. The molecule has 2 aromatic rings. The second kappa shape index (κ2) is 8.88. The van der Waals surface area contributed by atoms with Crippen LogP contribution in [-0.4, -0.2) is 53.1 Å². The van der Waals surface area contributed by atoms with E-state index >= 15 is 0 Å². The van der Waals surface area contributed by atoms with Crippen LogP contribution >= 0.6 is 23.4 Å². The Morgan fingerprint density at radius 3 is 2.57 bits per heavy atom. The summed E-state index contributed by atoms with van der Waals surface area (Å²) in [5.74, 6) is -0.620. The summed E-state index contributed by atoms with van der Waals surface area (Å²) in [6.45, 7) is 1.85. The number of para-hydroxylation sites is 1. The van der Waals surface area contributed by atoms with Crippen LogP contribution in [0.5, 0.6) is 0 Å². The molecule has 2 aromatic carbocycles. The van der Waals surface area contributed by atoms with E-state index in [-0.39, 0.29) is 17.3 Å². The van der Waals surface area contributed by atoms with Gasteiger partial charge in [0.05, 0.1) is 17.2 Å². The number of rotatable bonds is 4. The van der Waals surface area contributed by atoms with Crippen molar-refractivity contribution in [2.75, 3.05) is 31.2 Å². The van der Waals surface area contributed by atoms with Gasteiger partial charge < -0.3 is 10.2 Å². The quantitative estimate of drug-likeness (QED) is 0.756. The van der Waals surface area contributed by atoms with Crippen molar-refractivity contribution < 1.29 is 9.18 Å². The predicted molar refractivity (Wildman–Crippen MR) is 122 cm³/mol. The molecule has 0 saturated carbocycles. The first-order valence-electron chi connectivity index (χ1n) is 9.76. The van der Waals surface area contributed by atoms with Gasteiger partial charge in [0.25, 0.3) is 0 Å². The summed E-state index contributed by atoms with van der Waals surface area (Å²) >= 11 is 7.37. The highest BCUT2D eigenvalue weighted by Gasteiger charge is 2.39. The van der Waals surface area contributed by atoms with Crippen molar-refractivity contribution in [3.63, 3.8) is 0 Å². The van der Waals surface area contributed by atoms with Gasteiger partial charge in [-0.25, -0.2) is 9.38 Å². The summed E-state index contributed by atoms with van der Waals surface area (Å²) in [5.41, 5.74) is 1.43. The van der Waals surface area contributed by atoms with Gasteiger partial charge in [-0.05, 0) is 31.3 Å². The first-order chi connectivity index (χ1) is 14.4. The molecule has 4 rings (SSSR count). The Hall–Kier alpha value is -2.22. The maximum Gasteiger partial charge on any atom is 0.234 e. The Morgan fingerprint density at radius 2 is 1.87 bits per heavy atom. The molecule has 0 aromatic heterocycles. The summed E-state index contributed by atoms with van der Waals surface area (Å²) in [6.07, 6.45) is 1.68. The largest absolute Gasteiger partial charge is 0.323 e. The zero-order valence-electron chi connectivity index (χ0n) is 16.6. The molecule has 0 radical (unpaired) electrons. The third-order valence-electron chi connectivity index (χ3n) is 5.23. The van der Waals surface area contributed by atoms with Gasteiger partial charge in [0.2, 0.25) is 5.91 Å². The number of piperidine rings is 1. The molecule has 2 aliphatic heterocycles. The van der Waals surface area contributed by atoms with E-state index in [1.165, 1.54) is 17.8 Å². The lowest BCUT2D eigenvalue weighted by atomic mass is 9.99. The van der Waals surface area contributed by atoms with Crippen LogP contribution in [0.1, 0.15) is 18.4 Å². The zero-order valence-corrected chi connectivity index (χ0v) is 18.1. The molecule has 2 aliphatic rings. The van der Waals surface area contributed by atoms with E-state index in [4.69, 9.17) is 21.6 Å². The summed E-state index contributed by atoms with van der Waals surface area (Å²) < 4.78 is 13.8. The van der Waals surface area contributed by atoms with Crippen molar-refractivity contribution in [3.8, 4) is 0 Å². The zero-order chi connectivity index (χ0) is 21.1. The number of halogens is 2. The monoisotopic (exact) mass is 444 g/mol. The fourth-order valence-electron chi connectivity index (χ4n) is 3.50. The number of aliphatic imine (C=N–C) groups is 2. The minimum absolute atomic E-state index is 0.121. The smallest absolute Gasteiger partial charge is 0.234 e. The molecule has 1 saturated heterocycles. The van der Waals surface area contributed by atoms with Gasteiger partial charge in [0.15, 0.2) is 5.66 Å².